The van der Waals surface area contributed by atoms with Gasteiger partial charge in [-0.3, -0.25) is 0 Å². The lowest BCUT2D eigenvalue weighted by atomic mass is 9.93. The lowest BCUT2D eigenvalue weighted by Gasteiger charge is -2.36. The Labute approximate surface area is 138 Å². The van der Waals surface area contributed by atoms with Gasteiger partial charge in [-0.05, 0) is 48.2 Å². The monoisotopic (exact) mass is 311 g/mol. The number of hydrogen-bond donors (Lipinski definition) is 2. The van der Waals surface area contributed by atoms with Gasteiger partial charge >= 0.3 is 0 Å². The van der Waals surface area contributed by atoms with E-state index in [1.54, 1.807) is 0 Å². The fraction of sp³-hybridized carbons (Fsp3) is 0.400. The summed E-state index contributed by atoms with van der Waals surface area (Å²) in [6, 6.07) is 16.9. The maximum absolute atomic E-state index is 9.25. The maximum atomic E-state index is 9.25. The molecule has 2 aromatic carbocycles. The molecule has 0 aliphatic heterocycles. The second-order valence-electron chi connectivity index (χ2n) is 6.31. The van der Waals surface area contributed by atoms with Gasteiger partial charge in [-0.25, -0.2) is 0 Å². The van der Waals surface area contributed by atoms with Crippen molar-refractivity contribution in [2.24, 2.45) is 0 Å². The highest BCUT2D eigenvalue weighted by Crippen LogP contribution is 2.34. The first-order valence-electron chi connectivity index (χ1n) is 8.50. The second kappa shape index (κ2) is 7.62. The van der Waals surface area contributed by atoms with Gasteiger partial charge in [-0.15, -0.1) is 0 Å². The van der Waals surface area contributed by atoms with Gasteiger partial charge in [0.05, 0.1) is 13.2 Å². The van der Waals surface area contributed by atoms with E-state index in [1.807, 2.05) is 24.3 Å². The van der Waals surface area contributed by atoms with Gasteiger partial charge in [-0.2, -0.15) is 0 Å². The van der Waals surface area contributed by atoms with Crippen molar-refractivity contribution < 1.29 is 10.2 Å². The van der Waals surface area contributed by atoms with Crippen LogP contribution in [0, 0.1) is 0 Å². The quantitative estimate of drug-likeness (QED) is 0.872. The predicted octanol–water partition coefficient (Wildman–Crippen LogP) is 4.14. The highest BCUT2D eigenvalue weighted by molar-refractivity contribution is 5.64. The number of rotatable bonds is 5. The first-order chi connectivity index (χ1) is 11.3. The zero-order valence-corrected chi connectivity index (χ0v) is 13.5. The summed E-state index contributed by atoms with van der Waals surface area (Å²) in [6.45, 7) is 0.157. The summed E-state index contributed by atoms with van der Waals surface area (Å²) >= 11 is 0. The number of aliphatic hydroxyl groups excluding tert-OH is 2. The van der Waals surface area contributed by atoms with Gasteiger partial charge in [-0.1, -0.05) is 43.5 Å². The molecule has 23 heavy (non-hydrogen) atoms. The van der Waals surface area contributed by atoms with Crippen LogP contribution < -0.4 is 4.90 Å². The van der Waals surface area contributed by atoms with Crippen LogP contribution in [0.5, 0.6) is 0 Å². The van der Waals surface area contributed by atoms with E-state index in [1.165, 1.54) is 43.5 Å². The topological polar surface area (TPSA) is 43.7 Å². The summed E-state index contributed by atoms with van der Waals surface area (Å²) < 4.78 is 0. The molecule has 3 heteroatoms. The van der Waals surface area contributed by atoms with Crippen LogP contribution in [-0.2, 0) is 13.2 Å². The summed E-state index contributed by atoms with van der Waals surface area (Å²) in [5.41, 5.74) is 4.22. The molecule has 122 valence electrons. The highest BCUT2D eigenvalue weighted by Gasteiger charge is 2.23. The van der Waals surface area contributed by atoms with E-state index in [0.717, 1.165) is 11.1 Å². The van der Waals surface area contributed by atoms with Gasteiger partial charge in [0.15, 0.2) is 0 Å². The number of benzene rings is 2. The molecule has 0 amide bonds. The van der Waals surface area contributed by atoms with Crippen LogP contribution in [0.1, 0.15) is 43.2 Å². The van der Waals surface area contributed by atoms with Crippen molar-refractivity contribution in [2.75, 3.05) is 4.90 Å². The van der Waals surface area contributed by atoms with Crippen molar-refractivity contribution in [2.45, 2.75) is 51.4 Å². The molecule has 0 radical (unpaired) electrons. The third-order valence-electron chi connectivity index (χ3n) is 4.73. The Hall–Kier alpha value is -1.84. The van der Waals surface area contributed by atoms with E-state index in [2.05, 4.69) is 29.2 Å². The van der Waals surface area contributed by atoms with Gasteiger partial charge in [0.1, 0.15) is 0 Å². The van der Waals surface area contributed by atoms with Crippen LogP contribution >= 0.6 is 0 Å². The molecule has 0 spiro atoms. The molecule has 2 aromatic rings. The third kappa shape index (κ3) is 3.74. The molecule has 0 unspecified atom stereocenters. The van der Waals surface area contributed by atoms with E-state index in [4.69, 9.17) is 0 Å². The molecular weight excluding hydrogens is 286 g/mol. The van der Waals surface area contributed by atoms with Gasteiger partial charge in [0.2, 0.25) is 0 Å². The second-order valence-corrected chi connectivity index (χ2v) is 6.31. The zero-order chi connectivity index (χ0) is 16.1. The van der Waals surface area contributed by atoms with Gasteiger partial charge in [0, 0.05) is 17.4 Å². The van der Waals surface area contributed by atoms with Crippen molar-refractivity contribution in [1.29, 1.82) is 0 Å². The van der Waals surface area contributed by atoms with E-state index < -0.39 is 0 Å². The average Bonchev–Trinajstić information content (AvgIpc) is 2.64. The molecule has 0 heterocycles. The SMILES string of the molecule is OCc1ccc(N(c2ccc(CO)cc2)C2CCCCC2)cc1. The van der Waals surface area contributed by atoms with Crippen molar-refractivity contribution >= 4 is 11.4 Å². The van der Waals surface area contributed by atoms with E-state index >= 15 is 0 Å². The first kappa shape index (κ1) is 16.0. The first-order valence-corrected chi connectivity index (χ1v) is 8.50. The maximum Gasteiger partial charge on any atom is 0.0681 e. The Bertz CT molecular complexity index is 553. The molecule has 0 saturated heterocycles. The van der Waals surface area contributed by atoms with Crippen molar-refractivity contribution in [3.05, 3.63) is 59.7 Å². The van der Waals surface area contributed by atoms with Crippen molar-refractivity contribution in [3.8, 4) is 0 Å². The molecule has 1 saturated carbocycles. The molecule has 3 nitrogen and oxygen atoms in total. The van der Waals surface area contributed by atoms with E-state index in [9.17, 15) is 10.2 Å². The number of anilines is 2. The molecule has 1 fully saturated rings. The minimum Gasteiger partial charge on any atom is -0.392 e. The normalized spacial score (nSPS) is 15.6. The number of aliphatic hydroxyl groups is 2. The molecule has 1 aliphatic carbocycles. The molecule has 0 atom stereocenters. The van der Waals surface area contributed by atoms with Crippen LogP contribution in [0.15, 0.2) is 48.5 Å². The largest absolute Gasteiger partial charge is 0.392 e. The number of hydrogen-bond acceptors (Lipinski definition) is 3. The predicted molar refractivity (Wildman–Crippen MR) is 93.7 cm³/mol. The summed E-state index contributed by atoms with van der Waals surface area (Å²) in [4.78, 5) is 2.42. The summed E-state index contributed by atoms with van der Waals surface area (Å²) in [5.74, 6) is 0. The van der Waals surface area contributed by atoms with Crippen LogP contribution in [0.25, 0.3) is 0 Å². The minimum atomic E-state index is 0.0783. The average molecular weight is 311 g/mol. The molecular formula is C20H25NO2. The molecule has 2 N–H and O–H groups in total. The van der Waals surface area contributed by atoms with Crippen molar-refractivity contribution in [3.63, 3.8) is 0 Å². The number of nitrogens with zero attached hydrogens (tertiary/aromatic N) is 1. The summed E-state index contributed by atoms with van der Waals surface area (Å²) in [7, 11) is 0. The van der Waals surface area contributed by atoms with Crippen LogP contribution in [0.3, 0.4) is 0 Å². The Morgan fingerprint density at radius 2 is 1.13 bits per heavy atom. The summed E-state index contributed by atoms with van der Waals surface area (Å²) in [6.07, 6.45) is 6.32. The fourth-order valence-corrected chi connectivity index (χ4v) is 3.43. The van der Waals surface area contributed by atoms with Gasteiger partial charge < -0.3 is 15.1 Å². The highest BCUT2D eigenvalue weighted by atomic mass is 16.3. The smallest absolute Gasteiger partial charge is 0.0681 e. The Morgan fingerprint density at radius 1 is 0.696 bits per heavy atom. The lowest BCUT2D eigenvalue weighted by molar-refractivity contribution is 0.281. The summed E-state index contributed by atoms with van der Waals surface area (Å²) in [5, 5.41) is 18.5. The van der Waals surface area contributed by atoms with Crippen LogP contribution in [0.4, 0.5) is 11.4 Å². The van der Waals surface area contributed by atoms with Gasteiger partial charge in [0.25, 0.3) is 0 Å². The van der Waals surface area contributed by atoms with Crippen LogP contribution in [0.2, 0.25) is 0 Å². The van der Waals surface area contributed by atoms with E-state index in [-0.39, 0.29) is 13.2 Å². The van der Waals surface area contributed by atoms with Crippen molar-refractivity contribution in [1.82, 2.24) is 0 Å². The molecule has 3 rings (SSSR count). The standard InChI is InChI=1S/C20H25NO2/c22-14-16-6-10-19(11-7-16)21(18-4-2-1-3-5-18)20-12-8-17(15-23)9-13-20/h6-13,18,22-23H,1-5,14-15H2. The lowest BCUT2D eigenvalue weighted by Crippen LogP contribution is -2.32. The Balaban J connectivity index is 1.93. The van der Waals surface area contributed by atoms with E-state index in [0.29, 0.717) is 6.04 Å². The Kier molecular flexibility index (Phi) is 5.31. The zero-order valence-electron chi connectivity index (χ0n) is 13.5. The molecule has 0 bridgehead atoms. The fourth-order valence-electron chi connectivity index (χ4n) is 3.43. The molecule has 0 aromatic heterocycles. The third-order valence-corrected chi connectivity index (χ3v) is 4.73. The van der Waals surface area contributed by atoms with Crippen LogP contribution in [-0.4, -0.2) is 16.3 Å². The molecule has 1 aliphatic rings. The minimum absolute atomic E-state index is 0.0783. The Morgan fingerprint density at radius 3 is 1.52 bits per heavy atom.